The van der Waals surface area contributed by atoms with E-state index in [1.165, 1.54) is 31.5 Å². The Bertz CT molecular complexity index is 767. The smallest absolute Gasteiger partial charge is 0.254 e. The maximum atomic E-state index is 13.3. The zero-order chi connectivity index (χ0) is 18.1. The first-order chi connectivity index (χ1) is 12.6. The summed E-state index contributed by atoms with van der Waals surface area (Å²) in [5.74, 6) is 0.182. The average Bonchev–Trinajstić information content (AvgIpc) is 3.32. The minimum atomic E-state index is 0.182. The molecule has 5 heteroatoms. The van der Waals surface area contributed by atoms with Crippen LogP contribution in [0.2, 0.25) is 0 Å². The van der Waals surface area contributed by atoms with Gasteiger partial charge in [0.15, 0.2) is 0 Å². The third-order valence-corrected chi connectivity index (χ3v) is 5.94. The van der Waals surface area contributed by atoms with Gasteiger partial charge in [-0.15, -0.1) is 0 Å². The molecule has 2 saturated heterocycles. The van der Waals surface area contributed by atoms with E-state index >= 15 is 0 Å². The van der Waals surface area contributed by atoms with Gasteiger partial charge in [-0.3, -0.25) is 14.6 Å². The standard InChI is InChI=1S/C21H30N4O/c1-16(2)24-10-12-25(13-11-24)21(26)18-6-5-7-19-20(18)17(14-22-19)15-23-8-3-4-9-23/h5-7,14,16,22H,3-4,8-13,15H2,1-2H3. The van der Waals surface area contributed by atoms with Crippen molar-refractivity contribution in [2.24, 2.45) is 0 Å². The number of piperazine rings is 1. The van der Waals surface area contributed by atoms with Gasteiger partial charge in [0.2, 0.25) is 0 Å². The van der Waals surface area contributed by atoms with Crippen molar-refractivity contribution in [3.05, 3.63) is 35.5 Å². The average molecular weight is 354 g/mol. The summed E-state index contributed by atoms with van der Waals surface area (Å²) in [6, 6.07) is 6.63. The van der Waals surface area contributed by atoms with E-state index in [2.05, 4.69) is 40.9 Å². The number of aromatic amines is 1. The normalized spacial score (nSPS) is 19.7. The molecule has 140 valence electrons. The summed E-state index contributed by atoms with van der Waals surface area (Å²) in [5, 5.41) is 1.12. The van der Waals surface area contributed by atoms with E-state index in [-0.39, 0.29) is 5.91 Å². The van der Waals surface area contributed by atoms with Crippen LogP contribution in [0.1, 0.15) is 42.6 Å². The molecule has 0 spiro atoms. The van der Waals surface area contributed by atoms with E-state index < -0.39 is 0 Å². The van der Waals surface area contributed by atoms with Crippen LogP contribution >= 0.6 is 0 Å². The van der Waals surface area contributed by atoms with Crippen LogP contribution in [0.15, 0.2) is 24.4 Å². The molecule has 0 aliphatic carbocycles. The van der Waals surface area contributed by atoms with E-state index in [4.69, 9.17) is 0 Å². The topological polar surface area (TPSA) is 42.6 Å². The molecule has 26 heavy (non-hydrogen) atoms. The van der Waals surface area contributed by atoms with Gasteiger partial charge in [0.05, 0.1) is 0 Å². The summed E-state index contributed by atoms with van der Waals surface area (Å²) in [6.07, 6.45) is 4.67. The summed E-state index contributed by atoms with van der Waals surface area (Å²) in [7, 11) is 0. The highest BCUT2D eigenvalue weighted by molar-refractivity contribution is 6.07. The largest absolute Gasteiger partial charge is 0.361 e. The van der Waals surface area contributed by atoms with Crippen molar-refractivity contribution in [1.29, 1.82) is 0 Å². The molecule has 1 amide bonds. The van der Waals surface area contributed by atoms with Crippen LogP contribution in [0.25, 0.3) is 10.9 Å². The SMILES string of the molecule is CC(C)N1CCN(C(=O)c2cccc3[nH]cc(CN4CCCC4)c23)CC1. The highest BCUT2D eigenvalue weighted by Crippen LogP contribution is 2.26. The summed E-state index contributed by atoms with van der Waals surface area (Å²) in [4.78, 5) is 23.6. The van der Waals surface area contributed by atoms with Crippen LogP contribution < -0.4 is 0 Å². The predicted octanol–water partition coefficient (Wildman–Crippen LogP) is 2.93. The quantitative estimate of drug-likeness (QED) is 0.918. The van der Waals surface area contributed by atoms with Crippen molar-refractivity contribution >= 4 is 16.8 Å². The second kappa shape index (κ2) is 7.41. The molecule has 2 aliphatic rings. The monoisotopic (exact) mass is 354 g/mol. The fraction of sp³-hybridized carbons (Fsp3) is 0.571. The lowest BCUT2D eigenvalue weighted by Crippen LogP contribution is -2.50. The van der Waals surface area contributed by atoms with Crippen molar-refractivity contribution in [3.8, 4) is 0 Å². The van der Waals surface area contributed by atoms with E-state index in [9.17, 15) is 4.79 Å². The molecule has 1 N–H and O–H groups in total. The summed E-state index contributed by atoms with van der Waals surface area (Å²) >= 11 is 0. The van der Waals surface area contributed by atoms with Crippen LogP contribution in [-0.2, 0) is 6.54 Å². The van der Waals surface area contributed by atoms with Crippen LogP contribution in [0.3, 0.4) is 0 Å². The number of likely N-dealkylation sites (tertiary alicyclic amines) is 1. The van der Waals surface area contributed by atoms with Crippen LogP contribution in [0.5, 0.6) is 0 Å². The number of hydrogen-bond donors (Lipinski definition) is 1. The Hall–Kier alpha value is -1.85. The van der Waals surface area contributed by atoms with Crippen molar-refractivity contribution in [2.75, 3.05) is 39.3 Å². The highest BCUT2D eigenvalue weighted by Gasteiger charge is 2.25. The number of amides is 1. The molecule has 2 aromatic rings. The van der Waals surface area contributed by atoms with Crippen molar-refractivity contribution < 1.29 is 4.79 Å². The lowest BCUT2D eigenvalue weighted by molar-refractivity contribution is 0.0597. The van der Waals surface area contributed by atoms with Crippen molar-refractivity contribution in [3.63, 3.8) is 0 Å². The number of benzene rings is 1. The maximum absolute atomic E-state index is 13.3. The molecule has 3 heterocycles. The van der Waals surface area contributed by atoms with E-state index in [1.807, 2.05) is 17.0 Å². The molecule has 0 saturated carbocycles. The van der Waals surface area contributed by atoms with Crippen LogP contribution in [0, 0.1) is 0 Å². The van der Waals surface area contributed by atoms with E-state index in [1.54, 1.807) is 0 Å². The fourth-order valence-corrected chi connectivity index (χ4v) is 4.35. The molecule has 0 unspecified atom stereocenters. The molecule has 0 atom stereocenters. The van der Waals surface area contributed by atoms with Gasteiger partial charge >= 0.3 is 0 Å². The molecule has 5 nitrogen and oxygen atoms in total. The van der Waals surface area contributed by atoms with Crippen molar-refractivity contribution in [2.45, 2.75) is 39.3 Å². The molecule has 1 aromatic heterocycles. The third kappa shape index (κ3) is 3.38. The Morgan fingerprint density at radius 3 is 2.50 bits per heavy atom. The molecular formula is C21H30N4O. The number of H-pyrrole nitrogens is 1. The first kappa shape index (κ1) is 17.6. The van der Waals surface area contributed by atoms with Gasteiger partial charge in [0.1, 0.15) is 0 Å². The lowest BCUT2D eigenvalue weighted by Gasteiger charge is -2.37. The summed E-state index contributed by atoms with van der Waals surface area (Å²) < 4.78 is 0. The number of aromatic nitrogens is 1. The maximum Gasteiger partial charge on any atom is 0.254 e. The van der Waals surface area contributed by atoms with Crippen LogP contribution in [0.4, 0.5) is 0 Å². The Kier molecular flexibility index (Phi) is 5.00. The third-order valence-electron chi connectivity index (χ3n) is 5.94. The number of fused-ring (bicyclic) bond motifs is 1. The number of nitrogens with one attached hydrogen (secondary N) is 1. The predicted molar refractivity (Wildman–Crippen MR) is 105 cm³/mol. The zero-order valence-electron chi connectivity index (χ0n) is 16.0. The molecule has 0 radical (unpaired) electrons. The minimum absolute atomic E-state index is 0.182. The Morgan fingerprint density at radius 1 is 1.08 bits per heavy atom. The van der Waals surface area contributed by atoms with E-state index in [0.717, 1.165) is 49.2 Å². The van der Waals surface area contributed by atoms with Gasteiger partial charge in [-0.2, -0.15) is 0 Å². The van der Waals surface area contributed by atoms with Gasteiger partial charge in [-0.05, 0) is 57.5 Å². The minimum Gasteiger partial charge on any atom is -0.361 e. The van der Waals surface area contributed by atoms with Gasteiger partial charge in [0, 0.05) is 61.4 Å². The Morgan fingerprint density at radius 2 is 1.81 bits per heavy atom. The Balaban J connectivity index is 1.57. The molecule has 2 fully saturated rings. The lowest BCUT2D eigenvalue weighted by atomic mass is 10.0. The second-order valence-corrected chi connectivity index (χ2v) is 7.95. The highest BCUT2D eigenvalue weighted by atomic mass is 16.2. The molecule has 4 rings (SSSR count). The molecule has 1 aromatic carbocycles. The van der Waals surface area contributed by atoms with Gasteiger partial charge in [-0.25, -0.2) is 0 Å². The van der Waals surface area contributed by atoms with Crippen molar-refractivity contribution in [1.82, 2.24) is 19.7 Å². The van der Waals surface area contributed by atoms with E-state index in [0.29, 0.717) is 6.04 Å². The zero-order valence-corrected chi connectivity index (χ0v) is 16.0. The first-order valence-electron chi connectivity index (χ1n) is 9.98. The number of rotatable bonds is 4. The number of nitrogens with zero attached hydrogens (tertiary/aromatic N) is 3. The fourth-order valence-electron chi connectivity index (χ4n) is 4.35. The molecule has 2 aliphatic heterocycles. The van der Waals surface area contributed by atoms with Crippen LogP contribution in [-0.4, -0.2) is 70.9 Å². The molecule has 0 bridgehead atoms. The number of carbonyl (C=O) groups excluding carboxylic acids is 1. The van der Waals surface area contributed by atoms with Gasteiger partial charge in [0.25, 0.3) is 5.91 Å². The second-order valence-electron chi connectivity index (χ2n) is 7.95. The summed E-state index contributed by atoms with van der Waals surface area (Å²) in [5.41, 5.74) is 3.19. The number of carbonyl (C=O) groups is 1. The van der Waals surface area contributed by atoms with Gasteiger partial charge in [-0.1, -0.05) is 6.07 Å². The molecular weight excluding hydrogens is 324 g/mol. The Labute approximate surface area is 155 Å². The summed E-state index contributed by atoms with van der Waals surface area (Å²) in [6.45, 7) is 11.3. The van der Waals surface area contributed by atoms with Gasteiger partial charge < -0.3 is 9.88 Å². The number of hydrogen-bond acceptors (Lipinski definition) is 3. The first-order valence-corrected chi connectivity index (χ1v) is 9.98.